The molecule has 0 unspecified atom stereocenters. The summed E-state index contributed by atoms with van der Waals surface area (Å²) in [6.45, 7) is 0. The van der Waals surface area contributed by atoms with Gasteiger partial charge in [0.25, 0.3) is 0 Å². The van der Waals surface area contributed by atoms with E-state index in [4.69, 9.17) is 28.9 Å². The number of halogens is 3. The van der Waals surface area contributed by atoms with Gasteiger partial charge >= 0.3 is 0 Å². The third-order valence-corrected chi connectivity index (χ3v) is 3.97. The summed E-state index contributed by atoms with van der Waals surface area (Å²) in [7, 11) is 0. The molecule has 0 radical (unpaired) electrons. The molecule has 0 saturated heterocycles. The second-order valence-corrected chi connectivity index (χ2v) is 5.97. The molecule has 3 aromatic rings. The van der Waals surface area contributed by atoms with Crippen molar-refractivity contribution in [1.82, 2.24) is 20.2 Å². The summed E-state index contributed by atoms with van der Waals surface area (Å²) in [5.41, 5.74) is 7.94. The van der Waals surface area contributed by atoms with E-state index in [0.717, 1.165) is 10.2 Å². The maximum absolute atomic E-state index is 6.02. The molecule has 1 heterocycles. The molecular weight excluding hydrogens is 377 g/mol. The average Bonchev–Trinajstić information content (AvgIpc) is 2.90. The van der Waals surface area contributed by atoms with E-state index in [1.54, 1.807) is 35.0 Å². The number of benzene rings is 2. The van der Waals surface area contributed by atoms with Crippen molar-refractivity contribution in [2.24, 2.45) is 0 Å². The number of tetrazole rings is 1. The van der Waals surface area contributed by atoms with Crippen molar-refractivity contribution in [2.75, 3.05) is 5.73 Å². The SMILES string of the molecule is Nc1ccc(Cl)cc1-c1nnnn1-c1ccc(Cl)cc1Br. The molecule has 0 fully saturated rings. The number of nitrogens with zero attached hydrogens (tertiary/aromatic N) is 4. The lowest BCUT2D eigenvalue weighted by Crippen LogP contribution is -2.02. The van der Waals surface area contributed by atoms with E-state index in [1.165, 1.54) is 0 Å². The summed E-state index contributed by atoms with van der Waals surface area (Å²) < 4.78 is 2.34. The smallest absolute Gasteiger partial charge is 0.189 e. The molecule has 106 valence electrons. The maximum atomic E-state index is 6.02. The first-order valence-electron chi connectivity index (χ1n) is 5.85. The first-order valence-corrected chi connectivity index (χ1v) is 7.40. The molecule has 0 bridgehead atoms. The van der Waals surface area contributed by atoms with Crippen LogP contribution in [-0.2, 0) is 0 Å². The highest BCUT2D eigenvalue weighted by Gasteiger charge is 2.16. The second kappa shape index (κ2) is 5.63. The molecule has 5 nitrogen and oxygen atoms in total. The van der Waals surface area contributed by atoms with Gasteiger partial charge in [-0.15, -0.1) is 5.10 Å². The van der Waals surface area contributed by atoms with Crippen LogP contribution in [0.25, 0.3) is 17.1 Å². The Morgan fingerprint density at radius 3 is 2.52 bits per heavy atom. The Bertz CT molecular complexity index is 818. The molecule has 2 aromatic carbocycles. The number of hydrogen-bond acceptors (Lipinski definition) is 4. The number of nitrogens with two attached hydrogens (primary N) is 1. The van der Waals surface area contributed by atoms with Gasteiger partial charge in [0.15, 0.2) is 5.82 Å². The number of rotatable bonds is 2. The fourth-order valence-corrected chi connectivity index (χ4v) is 2.92. The summed E-state index contributed by atoms with van der Waals surface area (Å²) in [4.78, 5) is 0. The first kappa shape index (κ1) is 14.3. The van der Waals surface area contributed by atoms with Crippen LogP contribution in [0.1, 0.15) is 0 Å². The number of nitrogen functional groups attached to an aromatic ring is 1. The van der Waals surface area contributed by atoms with E-state index in [2.05, 4.69) is 31.5 Å². The lowest BCUT2D eigenvalue weighted by molar-refractivity contribution is 0.789. The van der Waals surface area contributed by atoms with E-state index in [0.29, 0.717) is 27.1 Å². The molecule has 0 amide bonds. The highest BCUT2D eigenvalue weighted by Crippen LogP contribution is 2.31. The molecule has 0 atom stereocenters. The normalized spacial score (nSPS) is 10.8. The van der Waals surface area contributed by atoms with Gasteiger partial charge in [0.1, 0.15) is 0 Å². The third kappa shape index (κ3) is 2.74. The van der Waals surface area contributed by atoms with Gasteiger partial charge in [0, 0.05) is 25.8 Å². The van der Waals surface area contributed by atoms with Crippen LogP contribution >= 0.6 is 39.1 Å². The van der Waals surface area contributed by atoms with Crippen molar-refractivity contribution in [3.05, 3.63) is 50.9 Å². The van der Waals surface area contributed by atoms with Crippen LogP contribution < -0.4 is 5.73 Å². The highest BCUT2D eigenvalue weighted by molar-refractivity contribution is 9.10. The first-order chi connectivity index (χ1) is 10.1. The van der Waals surface area contributed by atoms with E-state index < -0.39 is 0 Å². The third-order valence-electron chi connectivity index (χ3n) is 2.86. The summed E-state index contributed by atoms with van der Waals surface area (Å²) in [5, 5.41) is 12.9. The molecule has 8 heteroatoms. The van der Waals surface area contributed by atoms with Crippen molar-refractivity contribution in [3.8, 4) is 17.1 Å². The molecule has 0 spiro atoms. The minimum Gasteiger partial charge on any atom is -0.398 e. The summed E-state index contributed by atoms with van der Waals surface area (Å²) >= 11 is 15.4. The van der Waals surface area contributed by atoms with Crippen LogP contribution in [0.4, 0.5) is 5.69 Å². The molecule has 0 aliphatic carbocycles. The average molecular weight is 385 g/mol. The highest BCUT2D eigenvalue weighted by atomic mass is 79.9. The van der Waals surface area contributed by atoms with Gasteiger partial charge in [-0.25, -0.2) is 0 Å². The Morgan fingerprint density at radius 2 is 1.76 bits per heavy atom. The Balaban J connectivity index is 2.19. The molecule has 3 rings (SSSR count). The Kier molecular flexibility index (Phi) is 3.84. The molecule has 0 aliphatic rings. The zero-order chi connectivity index (χ0) is 15.0. The fourth-order valence-electron chi connectivity index (χ4n) is 1.89. The lowest BCUT2D eigenvalue weighted by Gasteiger charge is -2.09. The molecule has 21 heavy (non-hydrogen) atoms. The predicted octanol–water partition coefficient (Wildman–Crippen LogP) is 3.98. The zero-order valence-electron chi connectivity index (χ0n) is 10.5. The van der Waals surface area contributed by atoms with Crippen LogP contribution in [0.5, 0.6) is 0 Å². The Hall–Kier alpha value is -1.63. The lowest BCUT2D eigenvalue weighted by atomic mass is 10.1. The van der Waals surface area contributed by atoms with E-state index in [9.17, 15) is 0 Å². The number of aromatic nitrogens is 4. The topological polar surface area (TPSA) is 69.6 Å². The van der Waals surface area contributed by atoms with E-state index >= 15 is 0 Å². The van der Waals surface area contributed by atoms with Crippen molar-refractivity contribution in [3.63, 3.8) is 0 Å². The Labute approximate surface area is 138 Å². The van der Waals surface area contributed by atoms with Gasteiger partial charge in [0.05, 0.1) is 5.69 Å². The molecule has 0 saturated carbocycles. The minimum absolute atomic E-state index is 0.498. The predicted molar refractivity (Wildman–Crippen MR) is 86.7 cm³/mol. The van der Waals surface area contributed by atoms with E-state index in [1.807, 2.05) is 6.07 Å². The maximum Gasteiger partial charge on any atom is 0.189 e. The van der Waals surface area contributed by atoms with Gasteiger partial charge in [-0.1, -0.05) is 23.2 Å². The van der Waals surface area contributed by atoms with Crippen LogP contribution in [0, 0.1) is 0 Å². The summed E-state index contributed by atoms with van der Waals surface area (Å²) in [6, 6.07) is 10.5. The molecule has 0 aliphatic heterocycles. The van der Waals surface area contributed by atoms with Crippen LogP contribution in [0.3, 0.4) is 0 Å². The monoisotopic (exact) mass is 383 g/mol. The number of hydrogen-bond donors (Lipinski definition) is 1. The van der Waals surface area contributed by atoms with E-state index in [-0.39, 0.29) is 0 Å². The molecule has 1 aromatic heterocycles. The van der Waals surface area contributed by atoms with Crippen molar-refractivity contribution >= 4 is 44.8 Å². The zero-order valence-corrected chi connectivity index (χ0v) is 13.6. The van der Waals surface area contributed by atoms with Gasteiger partial charge in [-0.2, -0.15) is 4.68 Å². The van der Waals surface area contributed by atoms with Crippen LogP contribution in [0.2, 0.25) is 10.0 Å². The summed E-state index contributed by atoms with van der Waals surface area (Å²) in [5.74, 6) is 0.498. The van der Waals surface area contributed by atoms with Crippen molar-refractivity contribution < 1.29 is 0 Å². The van der Waals surface area contributed by atoms with Gasteiger partial charge in [0.2, 0.25) is 0 Å². The van der Waals surface area contributed by atoms with Crippen molar-refractivity contribution in [1.29, 1.82) is 0 Å². The second-order valence-electron chi connectivity index (χ2n) is 4.24. The Morgan fingerprint density at radius 1 is 1.05 bits per heavy atom. The van der Waals surface area contributed by atoms with Crippen LogP contribution in [0.15, 0.2) is 40.9 Å². The minimum atomic E-state index is 0.498. The van der Waals surface area contributed by atoms with Gasteiger partial charge in [-0.05, 0) is 62.8 Å². The molecular formula is C13H8BrCl2N5. The largest absolute Gasteiger partial charge is 0.398 e. The fraction of sp³-hybridized carbons (Fsp3) is 0. The number of anilines is 1. The van der Waals surface area contributed by atoms with Crippen LogP contribution in [-0.4, -0.2) is 20.2 Å². The van der Waals surface area contributed by atoms with Gasteiger partial charge in [-0.3, -0.25) is 0 Å². The summed E-state index contributed by atoms with van der Waals surface area (Å²) in [6.07, 6.45) is 0. The quantitative estimate of drug-likeness (QED) is 0.678. The standard InChI is InChI=1S/C13H8BrCl2N5/c14-10-6-8(16)2-4-12(10)21-13(18-19-20-21)9-5-7(15)1-3-11(9)17/h1-6H,17H2. The van der Waals surface area contributed by atoms with Gasteiger partial charge < -0.3 is 5.73 Å². The van der Waals surface area contributed by atoms with Crippen molar-refractivity contribution in [2.45, 2.75) is 0 Å². The molecule has 2 N–H and O–H groups in total.